The summed E-state index contributed by atoms with van der Waals surface area (Å²) in [7, 11) is 0. The Labute approximate surface area is 83.7 Å². The fourth-order valence-electron chi connectivity index (χ4n) is 0.904. The quantitative estimate of drug-likeness (QED) is 0.349. The maximum absolute atomic E-state index is 11.2. The zero-order chi connectivity index (χ0) is 11.4. The van der Waals surface area contributed by atoms with E-state index in [2.05, 4.69) is 5.10 Å². The van der Waals surface area contributed by atoms with Gasteiger partial charge in [-0.15, -0.1) is 0 Å². The first kappa shape index (κ1) is 11.1. The molecule has 0 bridgehead atoms. The Bertz CT molecular complexity index is 463. The van der Waals surface area contributed by atoms with Gasteiger partial charge in [0.1, 0.15) is 12.9 Å². The van der Waals surface area contributed by atoms with Crippen molar-refractivity contribution >= 4 is 5.91 Å². The number of carbonyl (C=O) groups is 1. The van der Waals surface area contributed by atoms with Gasteiger partial charge in [-0.2, -0.15) is 5.10 Å². The standard InChI is InChI=1S/C7H10N4O4/c1-2-11(15)5(12)3-10-4-8-9-6(13)7(10)14/h4,15H,2-3H2,1H3,(H,9,13). The number of hydrogen-bond donors (Lipinski definition) is 2. The molecule has 0 aliphatic rings. The van der Waals surface area contributed by atoms with Gasteiger partial charge in [-0.05, 0) is 6.92 Å². The van der Waals surface area contributed by atoms with Crippen LogP contribution >= 0.6 is 0 Å². The van der Waals surface area contributed by atoms with Crippen LogP contribution in [0, 0.1) is 0 Å². The third-order valence-electron chi connectivity index (χ3n) is 1.71. The lowest BCUT2D eigenvalue weighted by Gasteiger charge is -2.12. The number of nitrogens with zero attached hydrogens (tertiary/aromatic N) is 3. The number of amides is 1. The normalized spacial score (nSPS) is 10.0. The molecule has 82 valence electrons. The van der Waals surface area contributed by atoms with Crippen LogP contribution in [0.2, 0.25) is 0 Å². The van der Waals surface area contributed by atoms with Crippen molar-refractivity contribution in [3.05, 3.63) is 27.0 Å². The van der Waals surface area contributed by atoms with Crippen LogP contribution < -0.4 is 11.1 Å². The van der Waals surface area contributed by atoms with E-state index < -0.39 is 23.6 Å². The van der Waals surface area contributed by atoms with Gasteiger partial charge in [0.25, 0.3) is 5.91 Å². The predicted molar refractivity (Wildman–Crippen MR) is 48.3 cm³/mol. The van der Waals surface area contributed by atoms with Gasteiger partial charge in [-0.25, -0.2) is 10.2 Å². The van der Waals surface area contributed by atoms with Crippen molar-refractivity contribution in [2.24, 2.45) is 0 Å². The number of hydrogen-bond acceptors (Lipinski definition) is 5. The second-order valence-electron chi connectivity index (χ2n) is 2.73. The molecule has 0 saturated heterocycles. The fraction of sp³-hybridized carbons (Fsp3) is 0.429. The molecule has 0 atom stereocenters. The van der Waals surface area contributed by atoms with Crippen LogP contribution in [0.1, 0.15) is 6.92 Å². The molecule has 0 aliphatic heterocycles. The zero-order valence-corrected chi connectivity index (χ0v) is 8.01. The minimum absolute atomic E-state index is 0.101. The highest BCUT2D eigenvalue weighted by Crippen LogP contribution is 1.85. The Morgan fingerprint density at radius 3 is 2.93 bits per heavy atom. The largest absolute Gasteiger partial charge is 0.330 e. The molecule has 0 spiro atoms. The predicted octanol–water partition coefficient (Wildman–Crippen LogP) is -1.83. The molecular formula is C7H10N4O4. The van der Waals surface area contributed by atoms with E-state index in [4.69, 9.17) is 5.21 Å². The molecular weight excluding hydrogens is 204 g/mol. The van der Waals surface area contributed by atoms with Crippen molar-refractivity contribution in [3.63, 3.8) is 0 Å². The number of carbonyl (C=O) groups excluding carboxylic acids is 1. The van der Waals surface area contributed by atoms with Gasteiger partial charge in [-0.1, -0.05) is 0 Å². The van der Waals surface area contributed by atoms with Crippen molar-refractivity contribution in [1.82, 2.24) is 19.8 Å². The Balaban J connectivity index is 2.91. The topological polar surface area (TPSA) is 108 Å². The lowest BCUT2D eigenvalue weighted by atomic mass is 10.5. The van der Waals surface area contributed by atoms with Crippen molar-refractivity contribution in [2.75, 3.05) is 6.54 Å². The van der Waals surface area contributed by atoms with Crippen molar-refractivity contribution in [1.29, 1.82) is 0 Å². The van der Waals surface area contributed by atoms with E-state index in [9.17, 15) is 14.4 Å². The summed E-state index contributed by atoms with van der Waals surface area (Å²) in [4.78, 5) is 33.1. The smallest absolute Gasteiger partial charge is 0.286 e. The van der Waals surface area contributed by atoms with E-state index in [1.165, 1.54) is 0 Å². The van der Waals surface area contributed by atoms with Gasteiger partial charge in [-0.3, -0.25) is 24.2 Å². The second kappa shape index (κ2) is 4.51. The molecule has 0 aromatic carbocycles. The number of nitrogens with one attached hydrogen (secondary N) is 1. The summed E-state index contributed by atoms with van der Waals surface area (Å²) in [5.41, 5.74) is -1.80. The maximum atomic E-state index is 11.2. The first-order chi connectivity index (χ1) is 7.06. The second-order valence-corrected chi connectivity index (χ2v) is 2.73. The summed E-state index contributed by atoms with van der Waals surface area (Å²) < 4.78 is 0.819. The lowest BCUT2D eigenvalue weighted by molar-refractivity contribution is -0.165. The number of aromatic amines is 1. The van der Waals surface area contributed by atoms with Crippen LogP contribution in [0.15, 0.2) is 15.9 Å². The summed E-state index contributed by atoms with van der Waals surface area (Å²) in [5.74, 6) is -0.688. The molecule has 0 radical (unpaired) electrons. The first-order valence-electron chi connectivity index (χ1n) is 4.19. The average molecular weight is 214 g/mol. The third kappa shape index (κ3) is 2.50. The Morgan fingerprint density at radius 2 is 2.33 bits per heavy atom. The number of H-pyrrole nitrogens is 1. The Morgan fingerprint density at radius 1 is 1.67 bits per heavy atom. The summed E-state index contributed by atoms with van der Waals surface area (Å²) in [5, 5.41) is 14.7. The molecule has 0 saturated carbocycles. The van der Waals surface area contributed by atoms with Gasteiger partial charge in [0.15, 0.2) is 0 Å². The highest BCUT2D eigenvalue weighted by molar-refractivity contribution is 5.74. The molecule has 1 aromatic heterocycles. The number of rotatable bonds is 3. The van der Waals surface area contributed by atoms with Gasteiger partial charge in [0, 0.05) is 6.54 Å². The zero-order valence-electron chi connectivity index (χ0n) is 8.01. The van der Waals surface area contributed by atoms with E-state index in [-0.39, 0.29) is 6.54 Å². The molecule has 15 heavy (non-hydrogen) atoms. The van der Waals surface area contributed by atoms with Crippen molar-refractivity contribution in [2.45, 2.75) is 13.5 Å². The molecule has 2 N–H and O–H groups in total. The molecule has 8 nitrogen and oxygen atoms in total. The van der Waals surface area contributed by atoms with E-state index in [1.54, 1.807) is 6.92 Å². The molecule has 1 aromatic rings. The summed E-state index contributed by atoms with van der Waals surface area (Å²) in [6.45, 7) is 1.25. The van der Waals surface area contributed by atoms with E-state index in [1.807, 2.05) is 5.10 Å². The summed E-state index contributed by atoms with van der Waals surface area (Å²) in [6.07, 6.45) is 1.02. The molecule has 0 fully saturated rings. The molecule has 8 heteroatoms. The van der Waals surface area contributed by atoms with Gasteiger partial charge >= 0.3 is 11.1 Å². The monoisotopic (exact) mass is 214 g/mol. The van der Waals surface area contributed by atoms with Gasteiger partial charge in [0.2, 0.25) is 0 Å². The first-order valence-corrected chi connectivity index (χ1v) is 4.19. The Hall–Kier alpha value is -1.96. The summed E-state index contributed by atoms with van der Waals surface area (Å²) in [6, 6.07) is 0. The number of likely N-dealkylation sites (N-methyl/N-ethyl adjacent to an activating group) is 1. The minimum Gasteiger partial charge on any atom is -0.286 e. The highest BCUT2D eigenvalue weighted by atomic mass is 16.5. The highest BCUT2D eigenvalue weighted by Gasteiger charge is 2.11. The minimum atomic E-state index is -0.911. The van der Waals surface area contributed by atoms with E-state index in [0.717, 1.165) is 10.9 Å². The number of aromatic nitrogens is 3. The van der Waals surface area contributed by atoms with E-state index in [0.29, 0.717) is 5.06 Å². The summed E-state index contributed by atoms with van der Waals surface area (Å²) >= 11 is 0. The van der Waals surface area contributed by atoms with E-state index >= 15 is 0 Å². The third-order valence-corrected chi connectivity index (χ3v) is 1.71. The van der Waals surface area contributed by atoms with Crippen LogP contribution in [0.5, 0.6) is 0 Å². The number of hydroxylamine groups is 2. The molecule has 1 heterocycles. The molecule has 1 amide bonds. The molecule has 1 rings (SSSR count). The van der Waals surface area contributed by atoms with Gasteiger partial charge in [0.05, 0.1) is 0 Å². The lowest BCUT2D eigenvalue weighted by Crippen LogP contribution is -2.40. The van der Waals surface area contributed by atoms with Crippen molar-refractivity contribution < 1.29 is 10.0 Å². The van der Waals surface area contributed by atoms with Crippen LogP contribution in [0.4, 0.5) is 0 Å². The van der Waals surface area contributed by atoms with Crippen LogP contribution in [-0.2, 0) is 11.3 Å². The SMILES string of the molecule is CCN(O)C(=O)Cn1cn[nH]c(=O)c1=O. The van der Waals surface area contributed by atoms with Crippen molar-refractivity contribution in [3.8, 4) is 0 Å². The molecule has 0 aliphatic carbocycles. The average Bonchev–Trinajstić information content (AvgIpc) is 2.23. The fourth-order valence-corrected chi connectivity index (χ4v) is 0.904. The Kier molecular flexibility index (Phi) is 3.34. The van der Waals surface area contributed by atoms with Gasteiger partial charge < -0.3 is 0 Å². The van der Waals surface area contributed by atoms with Crippen LogP contribution in [0.25, 0.3) is 0 Å². The maximum Gasteiger partial charge on any atom is 0.330 e. The molecule has 0 unspecified atom stereocenters. The van der Waals surface area contributed by atoms with Crippen LogP contribution in [0.3, 0.4) is 0 Å². The van der Waals surface area contributed by atoms with Crippen LogP contribution in [-0.4, -0.2) is 37.5 Å².